The molecule has 1 aromatic rings. The lowest BCUT2D eigenvalue weighted by Gasteiger charge is -2.30. The van der Waals surface area contributed by atoms with E-state index in [9.17, 15) is 14.4 Å². The zero-order valence-corrected chi connectivity index (χ0v) is 22.0. The Labute approximate surface area is 206 Å². The minimum absolute atomic E-state index is 0.0614. The molecule has 1 saturated heterocycles. The van der Waals surface area contributed by atoms with Crippen LogP contribution in [0.1, 0.15) is 81.4 Å². The third-order valence-electron chi connectivity index (χ3n) is 6.49. The molecule has 0 radical (unpaired) electrons. The Morgan fingerprint density at radius 2 is 2.00 bits per heavy atom. The zero-order valence-electron chi connectivity index (χ0n) is 21.2. The number of carbonyl (C=O) groups is 3. The SMILES string of the molecule is CCC(C)[C@H](NC(=O)[C@H]1CCCCN1)C(=O)O[C@H](C[C@@H](NC)C(C)C)c1nc(C(=O)OC)cs1. The number of amides is 1. The van der Waals surface area contributed by atoms with Gasteiger partial charge in [0.15, 0.2) is 11.8 Å². The number of esters is 2. The number of piperidine rings is 1. The first-order valence-electron chi connectivity index (χ1n) is 12.2. The molecule has 192 valence electrons. The highest BCUT2D eigenvalue weighted by atomic mass is 32.1. The molecule has 1 fully saturated rings. The third kappa shape index (κ3) is 7.74. The molecule has 0 bridgehead atoms. The van der Waals surface area contributed by atoms with Crippen molar-refractivity contribution in [3.8, 4) is 0 Å². The van der Waals surface area contributed by atoms with Gasteiger partial charge in [-0.05, 0) is 38.3 Å². The molecule has 34 heavy (non-hydrogen) atoms. The summed E-state index contributed by atoms with van der Waals surface area (Å²) in [6, 6.07) is -0.998. The molecule has 1 aliphatic heterocycles. The van der Waals surface area contributed by atoms with E-state index < -0.39 is 24.1 Å². The molecule has 10 heteroatoms. The lowest BCUT2D eigenvalue weighted by Crippen LogP contribution is -2.54. The average Bonchev–Trinajstić information content (AvgIpc) is 3.34. The van der Waals surface area contributed by atoms with Crippen molar-refractivity contribution < 1.29 is 23.9 Å². The number of carbonyl (C=O) groups excluding carboxylic acids is 3. The van der Waals surface area contributed by atoms with Gasteiger partial charge in [0.05, 0.1) is 13.2 Å². The highest BCUT2D eigenvalue weighted by Gasteiger charge is 2.34. The van der Waals surface area contributed by atoms with E-state index in [1.54, 1.807) is 5.38 Å². The molecule has 1 amide bonds. The Hall–Kier alpha value is -2.04. The molecule has 2 heterocycles. The molecule has 0 saturated carbocycles. The van der Waals surface area contributed by atoms with Crippen LogP contribution in [0.5, 0.6) is 0 Å². The lowest BCUT2D eigenvalue weighted by molar-refractivity contribution is -0.156. The van der Waals surface area contributed by atoms with Crippen molar-refractivity contribution in [1.29, 1.82) is 0 Å². The standard InChI is InChI=1S/C24H40N4O5S/c1-7-15(4)20(28-21(29)16-10-8-9-11-26-16)24(31)33-19(12-17(25-5)14(2)3)22-27-18(13-34-22)23(30)32-6/h13-17,19-20,25-26H,7-12H2,1-6H3,(H,28,29)/t15?,16-,17-,19-,20+/m1/s1. The van der Waals surface area contributed by atoms with Gasteiger partial charge in [0.2, 0.25) is 5.91 Å². The number of nitrogens with zero attached hydrogens (tertiary/aromatic N) is 1. The summed E-state index contributed by atoms with van der Waals surface area (Å²) in [6.07, 6.45) is 3.32. The van der Waals surface area contributed by atoms with E-state index in [2.05, 4.69) is 34.8 Å². The fourth-order valence-corrected chi connectivity index (χ4v) is 4.83. The van der Waals surface area contributed by atoms with Crippen molar-refractivity contribution in [3.63, 3.8) is 0 Å². The average molecular weight is 497 g/mol. The molecule has 3 N–H and O–H groups in total. The molecule has 1 aromatic heterocycles. The second kappa shape index (κ2) is 13.7. The van der Waals surface area contributed by atoms with Gasteiger partial charge in [-0.3, -0.25) is 4.79 Å². The molecule has 1 aliphatic rings. The maximum absolute atomic E-state index is 13.4. The second-order valence-corrected chi connectivity index (χ2v) is 10.1. The minimum atomic E-state index is -0.768. The number of aromatic nitrogens is 1. The first-order chi connectivity index (χ1) is 16.2. The Balaban J connectivity index is 2.24. The molecule has 0 spiro atoms. The van der Waals surface area contributed by atoms with E-state index in [4.69, 9.17) is 9.47 Å². The van der Waals surface area contributed by atoms with Crippen molar-refractivity contribution in [3.05, 3.63) is 16.1 Å². The van der Waals surface area contributed by atoms with Gasteiger partial charge in [0.1, 0.15) is 11.0 Å². The lowest BCUT2D eigenvalue weighted by atomic mass is 9.96. The van der Waals surface area contributed by atoms with Crippen LogP contribution in [0.3, 0.4) is 0 Å². The second-order valence-electron chi connectivity index (χ2n) is 9.24. The van der Waals surface area contributed by atoms with E-state index in [-0.39, 0.29) is 35.5 Å². The molecule has 0 aliphatic carbocycles. The van der Waals surface area contributed by atoms with Crippen molar-refractivity contribution in [2.75, 3.05) is 20.7 Å². The number of ether oxygens (including phenoxy) is 2. The van der Waals surface area contributed by atoms with E-state index >= 15 is 0 Å². The number of rotatable bonds is 12. The van der Waals surface area contributed by atoms with Gasteiger partial charge in [-0.15, -0.1) is 11.3 Å². The Kier molecular flexibility index (Phi) is 11.4. The first-order valence-corrected chi connectivity index (χ1v) is 13.0. The normalized spacial score (nSPS) is 19.7. The van der Waals surface area contributed by atoms with E-state index in [1.165, 1.54) is 18.4 Å². The summed E-state index contributed by atoms with van der Waals surface area (Å²) < 4.78 is 10.8. The largest absolute Gasteiger partial charge is 0.464 e. The van der Waals surface area contributed by atoms with Gasteiger partial charge in [-0.2, -0.15) is 0 Å². The number of methoxy groups -OCH3 is 1. The molecule has 2 rings (SSSR count). The highest BCUT2D eigenvalue weighted by molar-refractivity contribution is 7.09. The van der Waals surface area contributed by atoms with Crippen LogP contribution < -0.4 is 16.0 Å². The summed E-state index contributed by atoms with van der Waals surface area (Å²) in [6.45, 7) is 8.87. The van der Waals surface area contributed by atoms with E-state index in [0.717, 1.165) is 25.8 Å². The maximum atomic E-state index is 13.4. The topological polar surface area (TPSA) is 119 Å². The van der Waals surface area contributed by atoms with Gasteiger partial charge >= 0.3 is 11.9 Å². The van der Waals surface area contributed by atoms with Gasteiger partial charge in [0.25, 0.3) is 0 Å². The quantitative estimate of drug-likeness (QED) is 0.378. The highest BCUT2D eigenvalue weighted by Crippen LogP contribution is 2.29. The van der Waals surface area contributed by atoms with E-state index in [0.29, 0.717) is 17.8 Å². The number of hydrogen-bond acceptors (Lipinski definition) is 9. The van der Waals surface area contributed by atoms with Crippen molar-refractivity contribution >= 4 is 29.2 Å². The molecule has 0 aromatic carbocycles. The fraction of sp³-hybridized carbons (Fsp3) is 0.750. The fourth-order valence-electron chi connectivity index (χ4n) is 4.00. The molecule has 9 nitrogen and oxygen atoms in total. The summed E-state index contributed by atoms with van der Waals surface area (Å²) in [5.74, 6) is -1.01. The number of nitrogens with one attached hydrogen (secondary N) is 3. The van der Waals surface area contributed by atoms with Crippen LogP contribution in [-0.4, -0.2) is 61.7 Å². The smallest absolute Gasteiger partial charge is 0.357 e. The predicted octanol–water partition coefficient (Wildman–Crippen LogP) is 2.82. The molecule has 5 atom stereocenters. The molecular weight excluding hydrogens is 456 g/mol. The van der Waals surface area contributed by atoms with Crippen molar-refractivity contribution in [1.82, 2.24) is 20.9 Å². The minimum Gasteiger partial charge on any atom is -0.464 e. The van der Waals surface area contributed by atoms with Crippen LogP contribution in [0.25, 0.3) is 0 Å². The number of hydrogen-bond donors (Lipinski definition) is 3. The number of thiazole rings is 1. The van der Waals surface area contributed by atoms with Crippen LogP contribution in [-0.2, 0) is 19.1 Å². The summed E-state index contributed by atoms with van der Waals surface area (Å²) in [5.41, 5.74) is 0.184. The van der Waals surface area contributed by atoms with Crippen LogP contribution in [0.4, 0.5) is 0 Å². The van der Waals surface area contributed by atoms with Crippen LogP contribution >= 0.6 is 11.3 Å². The third-order valence-corrected chi connectivity index (χ3v) is 7.42. The summed E-state index contributed by atoms with van der Waals surface area (Å²) in [4.78, 5) is 42.5. The summed E-state index contributed by atoms with van der Waals surface area (Å²) in [7, 11) is 3.17. The van der Waals surface area contributed by atoms with Gasteiger partial charge in [0, 0.05) is 17.8 Å². The monoisotopic (exact) mass is 496 g/mol. The first kappa shape index (κ1) is 28.2. The van der Waals surface area contributed by atoms with Gasteiger partial charge in [-0.25, -0.2) is 14.6 Å². The molecule has 1 unspecified atom stereocenters. The van der Waals surface area contributed by atoms with Gasteiger partial charge in [-0.1, -0.05) is 40.5 Å². The van der Waals surface area contributed by atoms with Crippen LogP contribution in [0, 0.1) is 11.8 Å². The predicted molar refractivity (Wildman–Crippen MR) is 132 cm³/mol. The maximum Gasteiger partial charge on any atom is 0.357 e. The zero-order chi connectivity index (χ0) is 25.3. The van der Waals surface area contributed by atoms with Crippen LogP contribution in [0.15, 0.2) is 5.38 Å². The summed E-state index contributed by atoms with van der Waals surface area (Å²) in [5, 5.41) is 11.6. The Bertz CT molecular complexity index is 809. The molecular formula is C24H40N4O5S. The Morgan fingerprint density at radius 1 is 1.26 bits per heavy atom. The summed E-state index contributed by atoms with van der Waals surface area (Å²) >= 11 is 1.26. The van der Waals surface area contributed by atoms with Crippen LogP contribution in [0.2, 0.25) is 0 Å². The van der Waals surface area contributed by atoms with E-state index in [1.807, 2.05) is 20.9 Å². The Morgan fingerprint density at radius 3 is 2.56 bits per heavy atom. The van der Waals surface area contributed by atoms with Crippen molar-refractivity contribution in [2.45, 2.75) is 84.0 Å². The van der Waals surface area contributed by atoms with Gasteiger partial charge < -0.3 is 25.4 Å². The van der Waals surface area contributed by atoms with Crippen molar-refractivity contribution in [2.24, 2.45) is 11.8 Å².